The van der Waals surface area contributed by atoms with Crippen molar-refractivity contribution in [3.63, 3.8) is 0 Å². The fourth-order valence-electron chi connectivity index (χ4n) is 1.72. The number of carbonyl (C=O) groups is 1. The van der Waals surface area contributed by atoms with Crippen molar-refractivity contribution in [1.29, 1.82) is 0 Å². The Bertz CT molecular complexity index is 616. The van der Waals surface area contributed by atoms with E-state index in [1.54, 1.807) is 32.9 Å². The van der Waals surface area contributed by atoms with Crippen LogP contribution >= 0.6 is 0 Å². The van der Waals surface area contributed by atoms with Crippen molar-refractivity contribution in [3.8, 4) is 0 Å². The van der Waals surface area contributed by atoms with E-state index in [1.165, 1.54) is 0 Å². The third-order valence-electron chi connectivity index (χ3n) is 3.29. The van der Waals surface area contributed by atoms with E-state index in [-0.39, 0.29) is 18.1 Å². The Morgan fingerprint density at radius 2 is 1.90 bits per heavy atom. The van der Waals surface area contributed by atoms with Gasteiger partial charge in [-0.05, 0) is 51.8 Å². The molecule has 1 aromatic carbocycles. The van der Waals surface area contributed by atoms with E-state index in [2.05, 4.69) is 5.32 Å². The lowest BCUT2D eigenvalue weighted by molar-refractivity contribution is -0.116. The molecular weight excluding hydrogens is 288 g/mol. The minimum atomic E-state index is -3.18. The van der Waals surface area contributed by atoms with Gasteiger partial charge in [-0.3, -0.25) is 4.79 Å². The highest BCUT2D eigenvalue weighted by molar-refractivity contribution is 7.92. The zero-order chi connectivity index (χ0) is 16.3. The molecule has 0 unspecified atom stereocenters. The molecule has 0 aliphatic rings. The molecule has 1 rings (SSSR count). The van der Waals surface area contributed by atoms with Gasteiger partial charge in [0.05, 0.1) is 10.5 Å². The topological polar surface area (TPSA) is 89.3 Å². The molecule has 0 saturated heterocycles. The first-order valence-electron chi connectivity index (χ1n) is 6.91. The van der Waals surface area contributed by atoms with Crippen LogP contribution in [0.4, 0.5) is 11.4 Å². The van der Waals surface area contributed by atoms with Gasteiger partial charge in [0.25, 0.3) is 0 Å². The second kappa shape index (κ2) is 6.47. The van der Waals surface area contributed by atoms with Gasteiger partial charge < -0.3 is 11.1 Å². The monoisotopic (exact) mass is 312 g/mol. The number of carbonyl (C=O) groups excluding carboxylic acids is 1. The molecule has 3 N–H and O–H groups in total. The predicted molar refractivity (Wildman–Crippen MR) is 87.0 cm³/mol. The SMILES string of the molecule is Cc1ccc(N)cc1NC(=O)CCCS(=O)(=O)C(C)(C)C. The zero-order valence-corrected chi connectivity index (χ0v) is 13.9. The molecule has 0 fully saturated rings. The molecule has 0 heterocycles. The maximum atomic E-state index is 11.9. The minimum absolute atomic E-state index is 0.0137. The third-order valence-corrected chi connectivity index (χ3v) is 5.98. The lowest BCUT2D eigenvalue weighted by atomic mass is 10.1. The molecule has 21 heavy (non-hydrogen) atoms. The maximum Gasteiger partial charge on any atom is 0.224 e. The molecule has 0 bridgehead atoms. The first kappa shape index (κ1) is 17.5. The van der Waals surface area contributed by atoms with Crippen LogP contribution in [0.5, 0.6) is 0 Å². The minimum Gasteiger partial charge on any atom is -0.399 e. The number of amides is 1. The number of anilines is 2. The summed E-state index contributed by atoms with van der Waals surface area (Å²) in [7, 11) is -3.18. The molecule has 0 aromatic heterocycles. The Kier molecular flexibility index (Phi) is 5.39. The number of sulfone groups is 1. The summed E-state index contributed by atoms with van der Waals surface area (Å²) < 4.78 is 23.1. The summed E-state index contributed by atoms with van der Waals surface area (Å²) in [4.78, 5) is 11.9. The van der Waals surface area contributed by atoms with E-state index < -0.39 is 14.6 Å². The van der Waals surface area contributed by atoms with E-state index in [1.807, 2.05) is 13.0 Å². The molecule has 0 aliphatic heterocycles. The van der Waals surface area contributed by atoms with Gasteiger partial charge in [-0.25, -0.2) is 8.42 Å². The molecule has 0 saturated carbocycles. The van der Waals surface area contributed by atoms with Crippen LogP contribution in [0.1, 0.15) is 39.2 Å². The van der Waals surface area contributed by atoms with Crippen molar-refractivity contribution >= 4 is 27.1 Å². The Balaban J connectivity index is 2.54. The average molecular weight is 312 g/mol. The predicted octanol–water partition coefficient (Wildman–Crippen LogP) is 2.51. The third kappa shape index (κ3) is 5.04. The van der Waals surface area contributed by atoms with Crippen LogP contribution in [-0.2, 0) is 14.6 Å². The number of nitrogen functional groups attached to an aromatic ring is 1. The van der Waals surface area contributed by atoms with Crippen LogP contribution in [0.2, 0.25) is 0 Å². The van der Waals surface area contributed by atoms with Gasteiger partial charge in [-0.1, -0.05) is 6.07 Å². The number of hydrogen-bond donors (Lipinski definition) is 2. The summed E-state index contributed by atoms with van der Waals surface area (Å²) in [6.45, 7) is 6.87. The number of rotatable bonds is 5. The Labute approximate surface area is 126 Å². The Hall–Kier alpha value is -1.56. The van der Waals surface area contributed by atoms with Gasteiger partial charge in [-0.2, -0.15) is 0 Å². The molecule has 5 nitrogen and oxygen atoms in total. The van der Waals surface area contributed by atoms with Crippen LogP contribution in [0.15, 0.2) is 18.2 Å². The molecule has 1 aromatic rings. The summed E-state index contributed by atoms with van der Waals surface area (Å²) >= 11 is 0. The summed E-state index contributed by atoms with van der Waals surface area (Å²) in [6, 6.07) is 5.29. The highest BCUT2D eigenvalue weighted by Gasteiger charge is 2.28. The quantitative estimate of drug-likeness (QED) is 0.818. The van der Waals surface area contributed by atoms with E-state index in [0.717, 1.165) is 5.56 Å². The van der Waals surface area contributed by atoms with E-state index in [0.29, 0.717) is 17.8 Å². The highest BCUT2D eigenvalue weighted by Crippen LogP contribution is 2.19. The number of hydrogen-bond acceptors (Lipinski definition) is 4. The Morgan fingerprint density at radius 1 is 1.29 bits per heavy atom. The van der Waals surface area contributed by atoms with Crippen molar-refractivity contribution in [1.82, 2.24) is 0 Å². The van der Waals surface area contributed by atoms with Crippen molar-refractivity contribution in [2.45, 2.75) is 45.3 Å². The van der Waals surface area contributed by atoms with Crippen molar-refractivity contribution in [3.05, 3.63) is 23.8 Å². The number of benzene rings is 1. The van der Waals surface area contributed by atoms with E-state index in [4.69, 9.17) is 5.73 Å². The maximum absolute atomic E-state index is 11.9. The molecule has 6 heteroatoms. The highest BCUT2D eigenvalue weighted by atomic mass is 32.2. The molecular formula is C15H24N2O3S. The lowest BCUT2D eigenvalue weighted by Gasteiger charge is -2.18. The largest absolute Gasteiger partial charge is 0.399 e. The molecule has 0 spiro atoms. The fourth-order valence-corrected chi connectivity index (χ4v) is 2.85. The molecule has 0 atom stereocenters. The fraction of sp³-hybridized carbons (Fsp3) is 0.533. The van der Waals surface area contributed by atoms with Gasteiger partial charge in [0, 0.05) is 17.8 Å². The Morgan fingerprint density at radius 3 is 2.48 bits per heavy atom. The number of nitrogens with two attached hydrogens (primary N) is 1. The normalized spacial score (nSPS) is 12.2. The zero-order valence-electron chi connectivity index (χ0n) is 13.1. The molecule has 0 radical (unpaired) electrons. The first-order chi connectivity index (χ1) is 9.53. The smallest absolute Gasteiger partial charge is 0.224 e. The van der Waals surface area contributed by atoms with Crippen LogP contribution in [0.25, 0.3) is 0 Å². The van der Waals surface area contributed by atoms with Gasteiger partial charge >= 0.3 is 0 Å². The summed E-state index contributed by atoms with van der Waals surface area (Å²) in [6.07, 6.45) is 0.482. The summed E-state index contributed by atoms with van der Waals surface area (Å²) in [5.74, 6) is -0.187. The van der Waals surface area contributed by atoms with Crippen LogP contribution < -0.4 is 11.1 Å². The summed E-state index contributed by atoms with van der Waals surface area (Å²) in [5.41, 5.74) is 7.83. The van der Waals surface area contributed by atoms with E-state index in [9.17, 15) is 13.2 Å². The van der Waals surface area contributed by atoms with Gasteiger partial charge in [0.15, 0.2) is 9.84 Å². The van der Waals surface area contributed by atoms with Gasteiger partial charge in [-0.15, -0.1) is 0 Å². The average Bonchev–Trinajstić information content (AvgIpc) is 2.32. The van der Waals surface area contributed by atoms with Crippen molar-refractivity contribution in [2.24, 2.45) is 0 Å². The van der Waals surface area contributed by atoms with Crippen molar-refractivity contribution in [2.75, 3.05) is 16.8 Å². The second-order valence-corrected chi connectivity index (χ2v) is 9.02. The van der Waals surface area contributed by atoms with Gasteiger partial charge in [0.1, 0.15) is 0 Å². The summed E-state index contributed by atoms with van der Waals surface area (Å²) in [5, 5.41) is 2.76. The standard InChI is InChI=1S/C15H24N2O3S/c1-11-7-8-12(16)10-13(11)17-14(18)6-5-9-21(19,20)15(2,3)4/h7-8,10H,5-6,9,16H2,1-4H3,(H,17,18). The number of aryl methyl sites for hydroxylation is 1. The first-order valence-corrected chi connectivity index (χ1v) is 8.56. The lowest BCUT2D eigenvalue weighted by Crippen LogP contribution is -2.30. The molecule has 1 amide bonds. The van der Waals surface area contributed by atoms with Crippen LogP contribution in [0, 0.1) is 6.92 Å². The molecule has 0 aliphatic carbocycles. The number of nitrogens with one attached hydrogen (secondary N) is 1. The van der Waals surface area contributed by atoms with Gasteiger partial charge in [0.2, 0.25) is 5.91 Å². The molecule has 118 valence electrons. The second-order valence-electron chi connectivity index (χ2n) is 6.16. The van der Waals surface area contributed by atoms with Crippen molar-refractivity contribution < 1.29 is 13.2 Å². The van der Waals surface area contributed by atoms with Crippen LogP contribution in [-0.4, -0.2) is 24.8 Å². The van der Waals surface area contributed by atoms with Crippen LogP contribution in [0.3, 0.4) is 0 Å². The van der Waals surface area contributed by atoms with E-state index >= 15 is 0 Å².